The summed E-state index contributed by atoms with van der Waals surface area (Å²) >= 11 is 5.95. The van der Waals surface area contributed by atoms with E-state index in [2.05, 4.69) is 224 Å². The smallest absolute Gasteiger partial charge is 0.235 e. The predicted octanol–water partition coefficient (Wildman–Crippen LogP) is 20.3. The van der Waals surface area contributed by atoms with E-state index in [1.807, 2.05) is 66.7 Å². The number of aromatic nitrogens is 7. The van der Waals surface area contributed by atoms with E-state index in [0.717, 1.165) is 61.8 Å². The van der Waals surface area contributed by atoms with Gasteiger partial charge in [-0.15, -0.1) is 0 Å². The van der Waals surface area contributed by atoms with E-state index in [-0.39, 0.29) is 12.7 Å². The molecule has 0 bridgehead atoms. The molecule has 12 aromatic carbocycles. The van der Waals surface area contributed by atoms with Crippen LogP contribution >= 0.6 is 11.6 Å². The van der Waals surface area contributed by atoms with Crippen LogP contribution in [0.5, 0.6) is 0 Å². The molecule has 0 fully saturated rings. The van der Waals surface area contributed by atoms with Gasteiger partial charge in [-0.3, -0.25) is 4.57 Å². The highest BCUT2D eigenvalue weighted by atomic mass is 35.5. The van der Waals surface area contributed by atoms with E-state index in [4.69, 9.17) is 21.6 Å². The maximum Gasteiger partial charge on any atom is 0.235 e. The number of nitrogens with zero attached hydrogens (tertiary/aromatic N) is 7. The molecule has 1 aliphatic carbocycles. The number of rotatable bonds is 3. The van der Waals surface area contributed by atoms with Crippen molar-refractivity contribution in [3.05, 3.63) is 291 Å². The van der Waals surface area contributed by atoms with Gasteiger partial charge in [-0.2, -0.15) is 0 Å². The Kier molecular flexibility index (Phi) is 11.1. The standard InChI is InChI=1S/C38H22N4.C25H15N.C14H9ClN2.CH3/c1-2-11-23(12-3-1)36-28-14-4-6-18-29(28)39-38(40-36)42-31-20-9-15-25-27-17-8-16-26-24-13-5-7-19-30(24)41(37(26)27)32-21-10-22-33(42)35(32)34(25)31;1-2-12-21-17(8-1)19-10-5-11-20-18-9-3-6-15-14-16-7-4-13-22(24(16)23(15)18)26(21)25(19)20;15-14-16-12-9-5-4-8-11(12)13(17-14)10-6-2-1-3-7-10;/h1-22H;1-13H,14H2;1-9H;1H3/q;;;-1. The van der Waals surface area contributed by atoms with Crippen LogP contribution in [0.15, 0.2) is 267 Å². The number of para-hydroxylation sites is 6. The SMILES string of the molecule is Clc1nc(-c2ccccc2)c2ccccc2n1.[CH3-].c1cc2c3c(c1)-c1cccc4c5ccccc5n(c14)-c1cccc(c1-3)C2.c1ccc(-c2nc(-n3c4cccc5c6cccc7c8ccccc8n(c8cccc3c8c54)c67)nc3ccccc23)cc1. The van der Waals surface area contributed by atoms with Gasteiger partial charge in [0, 0.05) is 70.7 Å². The predicted molar refractivity (Wildman–Crippen MR) is 358 cm³/mol. The van der Waals surface area contributed by atoms with E-state index in [0.29, 0.717) is 5.95 Å². The zero-order valence-corrected chi connectivity index (χ0v) is 47.4. The molecule has 0 amide bonds. The van der Waals surface area contributed by atoms with Gasteiger partial charge < -0.3 is 16.4 Å². The van der Waals surface area contributed by atoms with Gasteiger partial charge in [0.2, 0.25) is 11.2 Å². The van der Waals surface area contributed by atoms with E-state index < -0.39 is 0 Å². The molecule has 1 aliphatic heterocycles. The first-order valence-corrected chi connectivity index (χ1v) is 29.2. The average molecular weight is 1120 g/mol. The molecule has 8 heteroatoms. The minimum Gasteiger partial charge on any atom is -0.358 e. The Bertz CT molecular complexity index is 5780. The minimum absolute atomic E-state index is 0. The summed E-state index contributed by atoms with van der Waals surface area (Å²) in [6, 6.07) is 94.5. The first-order valence-electron chi connectivity index (χ1n) is 28.8. The first kappa shape index (κ1) is 49.6. The monoisotopic (exact) mass is 1120 g/mol. The molecule has 0 N–H and O–H groups in total. The molecule has 0 saturated carbocycles. The zero-order chi connectivity index (χ0) is 55.9. The van der Waals surface area contributed by atoms with Crippen LogP contribution in [-0.2, 0) is 6.42 Å². The average Bonchev–Trinajstić information content (AvgIpc) is 1.83. The van der Waals surface area contributed by atoms with E-state index in [1.54, 1.807) is 0 Å². The molecular formula is C78H49ClN7-. The van der Waals surface area contributed by atoms with Gasteiger partial charge in [-0.05, 0) is 94.2 Å². The summed E-state index contributed by atoms with van der Waals surface area (Å²) in [5.74, 6) is 0.679. The van der Waals surface area contributed by atoms with Gasteiger partial charge in [-0.1, -0.05) is 218 Å². The molecule has 404 valence electrons. The van der Waals surface area contributed by atoms with Crippen molar-refractivity contribution in [1.82, 2.24) is 33.5 Å². The summed E-state index contributed by atoms with van der Waals surface area (Å²) in [4.78, 5) is 19.0. The number of fused-ring (bicyclic) bond motifs is 12. The van der Waals surface area contributed by atoms with Crippen LogP contribution in [0.4, 0.5) is 0 Å². The van der Waals surface area contributed by atoms with Gasteiger partial charge in [0.25, 0.3) is 0 Å². The van der Waals surface area contributed by atoms with Crippen LogP contribution in [0.3, 0.4) is 0 Å². The molecule has 0 unspecified atom stereocenters. The Morgan fingerprint density at radius 2 is 0.791 bits per heavy atom. The van der Waals surface area contributed by atoms with Crippen molar-refractivity contribution in [3.8, 4) is 56.4 Å². The molecule has 0 saturated heterocycles. The number of hydrogen-bond acceptors (Lipinski definition) is 4. The largest absolute Gasteiger partial charge is 0.358 e. The molecular weight excluding hydrogens is 1070 g/mol. The van der Waals surface area contributed by atoms with Crippen molar-refractivity contribution >= 4 is 115 Å². The fourth-order valence-corrected chi connectivity index (χ4v) is 14.4. The molecule has 0 atom stereocenters. The molecule has 7 heterocycles. The van der Waals surface area contributed by atoms with Crippen molar-refractivity contribution in [2.24, 2.45) is 0 Å². The lowest BCUT2D eigenvalue weighted by Gasteiger charge is -2.12. The number of halogens is 1. The molecule has 18 aromatic rings. The number of hydrogen-bond donors (Lipinski definition) is 0. The van der Waals surface area contributed by atoms with E-state index >= 15 is 0 Å². The van der Waals surface area contributed by atoms with Crippen molar-refractivity contribution in [3.63, 3.8) is 0 Å². The Hall–Kier alpha value is -11.0. The van der Waals surface area contributed by atoms with E-state index in [1.165, 1.54) is 110 Å². The zero-order valence-electron chi connectivity index (χ0n) is 46.6. The first-order chi connectivity index (χ1) is 42.1. The molecule has 20 rings (SSSR count). The van der Waals surface area contributed by atoms with Gasteiger partial charge in [0.05, 0.1) is 66.7 Å². The van der Waals surface area contributed by atoms with Crippen molar-refractivity contribution in [2.45, 2.75) is 6.42 Å². The highest BCUT2D eigenvalue weighted by molar-refractivity contribution is 6.31. The maximum atomic E-state index is 5.95. The summed E-state index contributed by atoms with van der Waals surface area (Å²) in [7, 11) is 0. The van der Waals surface area contributed by atoms with Crippen LogP contribution in [0, 0.1) is 7.43 Å². The lowest BCUT2D eigenvalue weighted by molar-refractivity contribution is 1.01. The van der Waals surface area contributed by atoms with Crippen LogP contribution < -0.4 is 0 Å². The van der Waals surface area contributed by atoms with Crippen LogP contribution in [-0.4, -0.2) is 33.5 Å². The molecule has 7 nitrogen and oxygen atoms in total. The second-order valence-electron chi connectivity index (χ2n) is 22.1. The highest BCUT2D eigenvalue weighted by Crippen LogP contribution is 2.52. The van der Waals surface area contributed by atoms with Gasteiger partial charge in [0.15, 0.2) is 0 Å². The second kappa shape index (κ2) is 19.3. The fourth-order valence-electron chi connectivity index (χ4n) is 14.2. The van der Waals surface area contributed by atoms with E-state index in [9.17, 15) is 0 Å². The molecule has 0 radical (unpaired) electrons. The summed E-state index contributed by atoms with van der Waals surface area (Å²) in [5.41, 5.74) is 24.1. The summed E-state index contributed by atoms with van der Waals surface area (Å²) in [5, 5.41) is 12.5. The van der Waals surface area contributed by atoms with Crippen LogP contribution in [0.25, 0.3) is 160 Å². The normalized spacial score (nSPS) is 12.1. The number of benzene rings is 12. The third-order valence-corrected chi connectivity index (χ3v) is 17.8. The van der Waals surface area contributed by atoms with Gasteiger partial charge in [-0.25, -0.2) is 19.9 Å². The Labute approximate surface area is 499 Å². The Morgan fingerprint density at radius 3 is 1.52 bits per heavy atom. The van der Waals surface area contributed by atoms with Gasteiger partial charge >= 0.3 is 0 Å². The summed E-state index contributed by atoms with van der Waals surface area (Å²) in [6.07, 6.45) is 1.04. The third kappa shape index (κ3) is 7.22. The van der Waals surface area contributed by atoms with Crippen LogP contribution in [0.1, 0.15) is 11.1 Å². The summed E-state index contributed by atoms with van der Waals surface area (Å²) in [6.45, 7) is 0. The quantitative estimate of drug-likeness (QED) is 0.131. The lowest BCUT2D eigenvalue weighted by Crippen LogP contribution is -2.03. The Balaban J connectivity index is 0.000000112. The maximum absolute atomic E-state index is 5.95. The van der Waals surface area contributed by atoms with Crippen molar-refractivity contribution in [2.75, 3.05) is 0 Å². The molecule has 2 aliphatic rings. The third-order valence-electron chi connectivity index (χ3n) is 17.6. The Morgan fingerprint density at radius 1 is 0.314 bits per heavy atom. The van der Waals surface area contributed by atoms with Crippen molar-refractivity contribution < 1.29 is 0 Å². The summed E-state index contributed by atoms with van der Waals surface area (Å²) < 4.78 is 7.21. The lowest BCUT2D eigenvalue weighted by atomic mass is 9.93. The topological polar surface area (TPSA) is 65.8 Å². The molecule has 6 aromatic heterocycles. The molecule has 0 spiro atoms. The van der Waals surface area contributed by atoms with Gasteiger partial charge in [0.1, 0.15) is 0 Å². The minimum atomic E-state index is 0. The second-order valence-corrected chi connectivity index (χ2v) is 22.5. The highest BCUT2D eigenvalue weighted by Gasteiger charge is 2.31. The van der Waals surface area contributed by atoms with Crippen molar-refractivity contribution in [1.29, 1.82) is 0 Å². The molecule has 86 heavy (non-hydrogen) atoms. The fraction of sp³-hybridized carbons (Fsp3) is 0.0128. The van der Waals surface area contributed by atoms with Crippen LogP contribution in [0.2, 0.25) is 5.28 Å².